The van der Waals surface area contributed by atoms with Crippen LogP contribution in [0.5, 0.6) is 0 Å². The van der Waals surface area contributed by atoms with E-state index < -0.39 is 0 Å². The molecule has 0 aromatic carbocycles. The average Bonchev–Trinajstić information content (AvgIpc) is 2.16. The summed E-state index contributed by atoms with van der Waals surface area (Å²) < 4.78 is 0. The summed E-state index contributed by atoms with van der Waals surface area (Å²) in [5.41, 5.74) is 0. The van der Waals surface area contributed by atoms with Crippen molar-refractivity contribution in [3.05, 3.63) is 0 Å². The lowest BCUT2D eigenvalue weighted by Crippen LogP contribution is -1.97. The third kappa shape index (κ3) is 16.4. The zero-order valence-corrected chi connectivity index (χ0v) is 13.1. The molecule has 0 heteroatoms. The molecule has 0 amide bonds. The molecule has 0 heterocycles. The zero-order chi connectivity index (χ0) is 13.1. The molecule has 0 N–H and O–H groups in total. The van der Waals surface area contributed by atoms with E-state index in [9.17, 15) is 0 Å². The second-order valence-electron chi connectivity index (χ2n) is 6.29. The Morgan fingerprint density at radius 1 is 0.562 bits per heavy atom. The molecule has 0 aliphatic carbocycles. The van der Waals surface area contributed by atoms with E-state index in [1.54, 1.807) is 0 Å². The van der Waals surface area contributed by atoms with Crippen molar-refractivity contribution in [2.75, 3.05) is 0 Å². The molecule has 0 radical (unpaired) electrons. The van der Waals surface area contributed by atoms with Gasteiger partial charge in [0, 0.05) is 0 Å². The number of rotatable bonds is 6. The number of hydrogen-bond acceptors (Lipinski definition) is 0. The molecule has 0 aromatic heterocycles. The smallest absolute Gasteiger partial charge is 0.0443 e. The minimum atomic E-state index is 0.880. The van der Waals surface area contributed by atoms with E-state index in [0.29, 0.717) is 0 Å². The summed E-state index contributed by atoms with van der Waals surface area (Å²) >= 11 is 0. The summed E-state index contributed by atoms with van der Waals surface area (Å²) in [6, 6.07) is 0. The van der Waals surface area contributed by atoms with Crippen LogP contribution in [-0.4, -0.2) is 0 Å². The largest absolute Gasteiger partial charge is 0.0651 e. The highest BCUT2D eigenvalue weighted by Crippen LogP contribution is 2.13. The van der Waals surface area contributed by atoms with Crippen LogP contribution in [0.2, 0.25) is 0 Å². The normalized spacial score (nSPS) is 14.6. The molecule has 2 unspecified atom stereocenters. The maximum atomic E-state index is 2.32. The lowest BCUT2D eigenvalue weighted by atomic mass is 9.97. The van der Waals surface area contributed by atoms with Crippen molar-refractivity contribution in [3.63, 3.8) is 0 Å². The number of hydrogen-bond donors (Lipinski definition) is 0. The fourth-order valence-electron chi connectivity index (χ4n) is 1.94. The molecule has 0 nitrogen and oxygen atoms in total. The summed E-state index contributed by atoms with van der Waals surface area (Å²) in [4.78, 5) is 0. The molecule has 0 aliphatic heterocycles. The summed E-state index contributed by atoms with van der Waals surface area (Å²) in [7, 11) is 0. The summed E-state index contributed by atoms with van der Waals surface area (Å²) in [5, 5.41) is 0. The molecule has 0 saturated heterocycles. The maximum Gasteiger partial charge on any atom is -0.0443 e. The van der Waals surface area contributed by atoms with E-state index in [1.165, 1.54) is 25.7 Å². The molecule has 0 fully saturated rings. The van der Waals surface area contributed by atoms with Gasteiger partial charge in [0.05, 0.1) is 0 Å². The third-order valence-corrected chi connectivity index (χ3v) is 3.14. The van der Waals surface area contributed by atoms with Crippen molar-refractivity contribution in [1.82, 2.24) is 0 Å². The van der Waals surface area contributed by atoms with Gasteiger partial charge in [0.25, 0.3) is 0 Å². The van der Waals surface area contributed by atoms with Gasteiger partial charge in [0.1, 0.15) is 0 Å². The summed E-state index contributed by atoms with van der Waals surface area (Å²) in [5.74, 6) is 3.61. The predicted molar refractivity (Wildman–Crippen MR) is 77.8 cm³/mol. The maximum absolute atomic E-state index is 2.32. The van der Waals surface area contributed by atoms with Crippen molar-refractivity contribution in [2.45, 2.75) is 81.1 Å². The molecule has 100 valence electrons. The van der Waals surface area contributed by atoms with Gasteiger partial charge in [-0.15, -0.1) is 0 Å². The van der Waals surface area contributed by atoms with E-state index in [-0.39, 0.29) is 0 Å². The Morgan fingerprint density at radius 2 is 0.812 bits per heavy atom. The monoisotopic (exact) mass is 228 g/mol. The first-order valence-corrected chi connectivity index (χ1v) is 7.33. The van der Waals surface area contributed by atoms with Crippen LogP contribution in [0, 0.1) is 23.7 Å². The van der Waals surface area contributed by atoms with Gasteiger partial charge in [0.2, 0.25) is 0 Å². The fourth-order valence-corrected chi connectivity index (χ4v) is 1.94. The highest BCUT2D eigenvalue weighted by Gasteiger charge is 2.00. The Kier molecular flexibility index (Phi) is 13.2. The Labute approximate surface area is 105 Å². The van der Waals surface area contributed by atoms with E-state index in [1.807, 2.05) is 0 Å². The Balaban J connectivity index is 0. The Morgan fingerprint density at radius 3 is 0.875 bits per heavy atom. The van der Waals surface area contributed by atoms with Gasteiger partial charge in [-0.1, -0.05) is 68.2 Å². The van der Waals surface area contributed by atoms with Gasteiger partial charge >= 0.3 is 0 Å². The Bertz CT molecular complexity index is 108. The fraction of sp³-hybridized carbons (Fsp3) is 1.00. The van der Waals surface area contributed by atoms with Crippen molar-refractivity contribution >= 4 is 0 Å². The first-order chi connectivity index (χ1) is 7.33. The van der Waals surface area contributed by atoms with E-state index in [2.05, 4.69) is 55.4 Å². The first-order valence-electron chi connectivity index (χ1n) is 7.33. The van der Waals surface area contributed by atoms with Crippen LogP contribution in [0.1, 0.15) is 81.1 Å². The van der Waals surface area contributed by atoms with Gasteiger partial charge in [0.15, 0.2) is 0 Å². The lowest BCUT2D eigenvalue weighted by molar-refractivity contribution is 0.429. The van der Waals surface area contributed by atoms with E-state index in [0.717, 1.165) is 23.7 Å². The van der Waals surface area contributed by atoms with Crippen molar-refractivity contribution in [2.24, 2.45) is 23.7 Å². The summed E-state index contributed by atoms with van der Waals surface area (Å²) in [6.07, 6.45) is 5.43. The first kappa shape index (κ1) is 18.4. The molecule has 16 heavy (non-hydrogen) atoms. The van der Waals surface area contributed by atoms with E-state index in [4.69, 9.17) is 0 Å². The molecule has 0 aliphatic rings. The molecule has 0 bridgehead atoms. The van der Waals surface area contributed by atoms with E-state index >= 15 is 0 Å². The second-order valence-corrected chi connectivity index (χ2v) is 6.29. The van der Waals surface area contributed by atoms with Gasteiger partial charge in [-0.05, 0) is 36.5 Å². The van der Waals surface area contributed by atoms with Crippen molar-refractivity contribution in [3.8, 4) is 0 Å². The van der Waals surface area contributed by atoms with Crippen molar-refractivity contribution < 1.29 is 0 Å². The van der Waals surface area contributed by atoms with Gasteiger partial charge in [-0.2, -0.15) is 0 Å². The predicted octanol–water partition coefficient (Wildman–Crippen LogP) is 6.16. The topological polar surface area (TPSA) is 0 Å². The molecular weight excluding hydrogens is 192 g/mol. The average molecular weight is 228 g/mol. The van der Waals surface area contributed by atoms with Crippen LogP contribution in [0.3, 0.4) is 0 Å². The highest BCUT2D eigenvalue weighted by atomic mass is 14.1. The van der Waals surface area contributed by atoms with Crippen LogP contribution in [0.25, 0.3) is 0 Å². The lowest BCUT2D eigenvalue weighted by Gasteiger charge is -2.09. The molecular formula is C16H36. The molecule has 2 atom stereocenters. The minimum absolute atomic E-state index is 0.880. The molecule has 0 rings (SSSR count). The molecule has 0 spiro atoms. The van der Waals surface area contributed by atoms with Gasteiger partial charge in [-0.3, -0.25) is 0 Å². The molecule has 0 saturated carbocycles. The third-order valence-electron chi connectivity index (χ3n) is 3.14. The van der Waals surface area contributed by atoms with Gasteiger partial charge < -0.3 is 0 Å². The summed E-state index contributed by atoms with van der Waals surface area (Å²) in [6.45, 7) is 18.3. The molecule has 0 aromatic rings. The second kappa shape index (κ2) is 11.5. The SMILES string of the molecule is CCC(C)CC(C)C.CCC(C)CC(C)C. The quantitative estimate of drug-likeness (QED) is 0.511. The van der Waals surface area contributed by atoms with Crippen LogP contribution >= 0.6 is 0 Å². The van der Waals surface area contributed by atoms with Crippen LogP contribution in [0.4, 0.5) is 0 Å². The standard InChI is InChI=1S/2C8H18/c2*1-5-8(4)6-7(2)3/h2*7-8H,5-6H2,1-4H3. The van der Waals surface area contributed by atoms with Crippen LogP contribution in [0.15, 0.2) is 0 Å². The zero-order valence-electron chi connectivity index (χ0n) is 13.1. The van der Waals surface area contributed by atoms with Crippen LogP contribution < -0.4 is 0 Å². The van der Waals surface area contributed by atoms with Gasteiger partial charge in [-0.25, -0.2) is 0 Å². The Hall–Kier alpha value is 0. The van der Waals surface area contributed by atoms with Crippen LogP contribution in [-0.2, 0) is 0 Å². The minimum Gasteiger partial charge on any atom is -0.0651 e. The highest BCUT2D eigenvalue weighted by molar-refractivity contribution is 4.52. The van der Waals surface area contributed by atoms with Crippen molar-refractivity contribution in [1.29, 1.82) is 0 Å².